The second-order valence-electron chi connectivity index (χ2n) is 6.28. The fraction of sp³-hybridized carbons (Fsp3) is 0.444. The molecular weight excluding hydrogens is 356 g/mol. The maximum atomic E-state index is 12.7. The van der Waals surface area contributed by atoms with Crippen LogP contribution in [0.3, 0.4) is 0 Å². The van der Waals surface area contributed by atoms with Crippen molar-refractivity contribution in [3.8, 4) is 0 Å². The average Bonchev–Trinajstić information content (AvgIpc) is 3.42. The number of carbonyl (C=O) groups is 2. The van der Waals surface area contributed by atoms with Gasteiger partial charge in [0.1, 0.15) is 6.26 Å². The summed E-state index contributed by atoms with van der Waals surface area (Å²) < 4.78 is 5.04. The smallest absolute Gasteiger partial charge is 0.263 e. The molecule has 2 aromatic rings. The minimum atomic E-state index is 0.00517. The van der Waals surface area contributed by atoms with E-state index in [0.29, 0.717) is 5.56 Å². The molecule has 2 amide bonds. The van der Waals surface area contributed by atoms with E-state index in [0.717, 1.165) is 53.7 Å². The van der Waals surface area contributed by atoms with Crippen molar-refractivity contribution in [3.63, 3.8) is 0 Å². The Bertz CT molecular complexity index is 750. The molecule has 0 spiro atoms. The van der Waals surface area contributed by atoms with Gasteiger partial charge < -0.3 is 14.2 Å². The number of amides is 2. The number of hydrogen-bond donors (Lipinski definition) is 0. The fourth-order valence-electron chi connectivity index (χ4n) is 3.43. The summed E-state index contributed by atoms with van der Waals surface area (Å²) in [5.41, 5.74) is 0.588. The van der Waals surface area contributed by atoms with E-state index in [1.807, 2.05) is 33.7 Å². The van der Waals surface area contributed by atoms with Crippen molar-refractivity contribution in [1.29, 1.82) is 0 Å². The van der Waals surface area contributed by atoms with Crippen LogP contribution < -0.4 is 0 Å². The summed E-state index contributed by atoms with van der Waals surface area (Å²) in [6.45, 7) is 2.40. The zero-order valence-electron chi connectivity index (χ0n) is 13.8. The molecule has 4 rings (SSSR count). The minimum Gasteiger partial charge on any atom is -0.472 e. The summed E-state index contributed by atoms with van der Waals surface area (Å²) in [5.74, 6) is 2.16. The van der Waals surface area contributed by atoms with Crippen LogP contribution in [0.25, 0.3) is 0 Å². The second-order valence-corrected chi connectivity index (χ2v) is 8.62. The lowest BCUT2D eigenvalue weighted by Gasteiger charge is -2.26. The lowest BCUT2D eigenvalue weighted by atomic mass is 10.1. The Morgan fingerprint density at radius 3 is 2.68 bits per heavy atom. The highest BCUT2D eigenvalue weighted by Gasteiger charge is 2.32. The van der Waals surface area contributed by atoms with E-state index in [1.165, 1.54) is 23.9 Å². The van der Waals surface area contributed by atoms with Gasteiger partial charge in [0.25, 0.3) is 11.8 Å². The molecule has 7 heteroatoms. The quantitative estimate of drug-likeness (QED) is 0.823. The van der Waals surface area contributed by atoms with Crippen molar-refractivity contribution < 1.29 is 14.0 Å². The van der Waals surface area contributed by atoms with Crippen LogP contribution in [-0.2, 0) is 0 Å². The van der Waals surface area contributed by atoms with Crippen molar-refractivity contribution in [3.05, 3.63) is 46.0 Å². The topological polar surface area (TPSA) is 53.8 Å². The van der Waals surface area contributed by atoms with E-state index in [9.17, 15) is 9.59 Å². The summed E-state index contributed by atoms with van der Waals surface area (Å²) >= 11 is 3.43. The van der Waals surface area contributed by atoms with Crippen molar-refractivity contribution >= 4 is 34.9 Å². The molecule has 2 saturated heterocycles. The summed E-state index contributed by atoms with van der Waals surface area (Å²) in [6.07, 6.45) is 4.95. The van der Waals surface area contributed by atoms with Crippen molar-refractivity contribution in [2.45, 2.75) is 18.9 Å². The summed E-state index contributed by atoms with van der Waals surface area (Å²) in [4.78, 5) is 31.1. The molecule has 2 fully saturated rings. The maximum absolute atomic E-state index is 12.7. The van der Waals surface area contributed by atoms with Crippen LogP contribution in [0.1, 0.15) is 43.8 Å². The molecule has 1 atom stereocenters. The lowest BCUT2D eigenvalue weighted by molar-refractivity contribution is 0.0736. The lowest BCUT2D eigenvalue weighted by Crippen LogP contribution is -2.37. The van der Waals surface area contributed by atoms with Gasteiger partial charge in [0, 0.05) is 36.0 Å². The van der Waals surface area contributed by atoms with Crippen molar-refractivity contribution in [2.24, 2.45) is 0 Å². The number of rotatable bonds is 3. The van der Waals surface area contributed by atoms with E-state index >= 15 is 0 Å². The molecule has 25 heavy (non-hydrogen) atoms. The Hall–Kier alpha value is -1.73. The number of thioether (sulfide) groups is 1. The largest absolute Gasteiger partial charge is 0.472 e. The third kappa shape index (κ3) is 3.35. The van der Waals surface area contributed by atoms with E-state index < -0.39 is 0 Å². The molecule has 2 aromatic heterocycles. The Labute approximate surface area is 155 Å². The fourth-order valence-corrected chi connectivity index (χ4v) is 5.45. The molecule has 0 aromatic carbocycles. The number of carbonyl (C=O) groups excluding carboxylic acids is 2. The van der Waals surface area contributed by atoms with Gasteiger partial charge in [-0.05, 0) is 31.0 Å². The molecule has 0 N–H and O–H groups in total. The van der Waals surface area contributed by atoms with E-state index in [4.69, 9.17) is 4.42 Å². The van der Waals surface area contributed by atoms with Crippen LogP contribution in [0, 0.1) is 0 Å². The van der Waals surface area contributed by atoms with Crippen LogP contribution in [0.2, 0.25) is 0 Å². The van der Waals surface area contributed by atoms with Crippen LogP contribution in [-0.4, -0.2) is 52.8 Å². The average molecular weight is 377 g/mol. The predicted octanol–water partition coefficient (Wildman–Crippen LogP) is 3.51. The van der Waals surface area contributed by atoms with Gasteiger partial charge in [0.15, 0.2) is 0 Å². The van der Waals surface area contributed by atoms with Gasteiger partial charge in [0.05, 0.1) is 22.7 Å². The van der Waals surface area contributed by atoms with Crippen LogP contribution >= 0.6 is 23.1 Å². The van der Waals surface area contributed by atoms with Gasteiger partial charge in [-0.25, -0.2) is 0 Å². The SMILES string of the molecule is O=C(c1ccc(C2CCCN2C(=O)c2ccoc2)s1)N1CCSCC1. The number of likely N-dealkylation sites (tertiary alicyclic amines) is 1. The highest BCUT2D eigenvalue weighted by molar-refractivity contribution is 7.99. The number of hydrogen-bond acceptors (Lipinski definition) is 5. The van der Waals surface area contributed by atoms with Crippen molar-refractivity contribution in [1.82, 2.24) is 9.80 Å². The van der Waals surface area contributed by atoms with E-state index in [-0.39, 0.29) is 17.9 Å². The molecule has 1 unspecified atom stereocenters. The zero-order chi connectivity index (χ0) is 17.2. The molecule has 2 aliphatic heterocycles. The number of nitrogens with zero attached hydrogens (tertiary/aromatic N) is 2. The molecule has 0 saturated carbocycles. The van der Waals surface area contributed by atoms with Gasteiger partial charge in [-0.1, -0.05) is 0 Å². The third-order valence-corrected chi connectivity index (χ3v) is 6.86. The number of furan rings is 1. The second kappa shape index (κ2) is 7.25. The first-order valence-electron chi connectivity index (χ1n) is 8.54. The van der Waals surface area contributed by atoms with Gasteiger partial charge in [-0.15, -0.1) is 11.3 Å². The minimum absolute atomic E-state index is 0.00517. The molecular formula is C18H20N2O3S2. The first kappa shape index (κ1) is 16.7. The van der Waals surface area contributed by atoms with Crippen LogP contribution in [0.5, 0.6) is 0 Å². The van der Waals surface area contributed by atoms with Crippen LogP contribution in [0.15, 0.2) is 35.1 Å². The summed E-state index contributed by atoms with van der Waals surface area (Å²) in [5, 5.41) is 0. The zero-order valence-corrected chi connectivity index (χ0v) is 15.5. The Balaban J connectivity index is 1.50. The number of thiophene rings is 1. The Morgan fingerprint density at radius 2 is 1.92 bits per heavy atom. The van der Waals surface area contributed by atoms with E-state index in [2.05, 4.69) is 0 Å². The summed E-state index contributed by atoms with van der Waals surface area (Å²) in [6, 6.07) is 5.70. The third-order valence-electron chi connectivity index (χ3n) is 4.75. The molecule has 132 valence electrons. The monoisotopic (exact) mass is 376 g/mol. The normalized spacial score (nSPS) is 20.9. The first-order valence-corrected chi connectivity index (χ1v) is 10.5. The predicted molar refractivity (Wildman–Crippen MR) is 99.3 cm³/mol. The molecule has 0 radical (unpaired) electrons. The maximum Gasteiger partial charge on any atom is 0.263 e. The van der Waals surface area contributed by atoms with Gasteiger partial charge in [-0.2, -0.15) is 11.8 Å². The standard InChI is InChI=1S/C18H20N2O3S2/c21-17(13-5-9-23-12-13)20-6-1-2-14(20)15-3-4-16(25-15)18(22)19-7-10-24-11-8-19/h3-5,9,12,14H,1-2,6-8,10-11H2. The van der Waals surface area contributed by atoms with Crippen LogP contribution in [0.4, 0.5) is 0 Å². The molecule has 5 nitrogen and oxygen atoms in total. The Morgan fingerprint density at radius 1 is 1.08 bits per heavy atom. The van der Waals surface area contributed by atoms with E-state index in [1.54, 1.807) is 6.07 Å². The Kier molecular flexibility index (Phi) is 4.85. The highest BCUT2D eigenvalue weighted by atomic mass is 32.2. The molecule has 0 aliphatic carbocycles. The highest BCUT2D eigenvalue weighted by Crippen LogP contribution is 2.37. The van der Waals surface area contributed by atoms with Gasteiger partial charge >= 0.3 is 0 Å². The van der Waals surface area contributed by atoms with Gasteiger partial charge in [-0.3, -0.25) is 9.59 Å². The first-order chi connectivity index (χ1) is 12.2. The molecule has 2 aliphatic rings. The van der Waals surface area contributed by atoms with Crippen molar-refractivity contribution in [2.75, 3.05) is 31.1 Å². The van der Waals surface area contributed by atoms with Gasteiger partial charge in [0.2, 0.25) is 0 Å². The summed E-state index contributed by atoms with van der Waals surface area (Å²) in [7, 11) is 0. The molecule has 0 bridgehead atoms. The molecule has 4 heterocycles.